The fraction of sp³-hybridized carbons (Fsp3) is 0.500. The zero-order chi connectivity index (χ0) is 22.1. The SMILES string of the molecule is COCCNC(C(=O)c1ccc(C(=N)N)cc1)C(=O)C(OC1CCNCC1)C(=O)O. The molecule has 1 heterocycles. The van der Waals surface area contributed by atoms with Crippen molar-refractivity contribution in [2.24, 2.45) is 5.73 Å². The summed E-state index contributed by atoms with van der Waals surface area (Å²) < 4.78 is 10.5. The number of carbonyl (C=O) groups is 3. The highest BCUT2D eigenvalue weighted by Crippen LogP contribution is 2.15. The summed E-state index contributed by atoms with van der Waals surface area (Å²) in [6, 6.07) is 4.46. The Bertz CT molecular complexity index is 761. The second-order valence-corrected chi connectivity index (χ2v) is 6.94. The van der Waals surface area contributed by atoms with Gasteiger partial charge in [0.15, 0.2) is 11.6 Å². The summed E-state index contributed by atoms with van der Waals surface area (Å²) in [6.45, 7) is 1.74. The van der Waals surface area contributed by atoms with Crippen molar-refractivity contribution in [1.82, 2.24) is 10.6 Å². The maximum Gasteiger partial charge on any atom is 0.340 e. The van der Waals surface area contributed by atoms with Gasteiger partial charge in [-0.05, 0) is 25.9 Å². The lowest BCUT2D eigenvalue weighted by Crippen LogP contribution is -2.53. The number of amidine groups is 1. The van der Waals surface area contributed by atoms with E-state index in [1.807, 2.05) is 0 Å². The number of nitrogen functional groups attached to an aromatic ring is 1. The minimum atomic E-state index is -1.76. The van der Waals surface area contributed by atoms with Crippen LogP contribution < -0.4 is 16.4 Å². The molecule has 0 saturated carbocycles. The Morgan fingerprint density at radius 2 is 1.83 bits per heavy atom. The molecule has 0 radical (unpaired) electrons. The van der Waals surface area contributed by atoms with Crippen molar-refractivity contribution in [2.45, 2.75) is 31.1 Å². The van der Waals surface area contributed by atoms with Crippen molar-refractivity contribution < 1.29 is 29.0 Å². The number of methoxy groups -OCH3 is 1. The molecule has 0 aromatic heterocycles. The molecule has 1 saturated heterocycles. The molecule has 0 spiro atoms. The highest BCUT2D eigenvalue weighted by Gasteiger charge is 2.39. The third kappa shape index (κ3) is 6.42. The largest absolute Gasteiger partial charge is 0.479 e. The molecule has 10 heteroatoms. The molecule has 0 bridgehead atoms. The first kappa shape index (κ1) is 23.6. The molecule has 1 fully saturated rings. The van der Waals surface area contributed by atoms with Crippen LogP contribution in [0.1, 0.15) is 28.8 Å². The molecule has 30 heavy (non-hydrogen) atoms. The van der Waals surface area contributed by atoms with Crippen LogP contribution in [0, 0.1) is 5.41 Å². The highest BCUT2D eigenvalue weighted by molar-refractivity contribution is 6.19. The average Bonchev–Trinajstić information content (AvgIpc) is 2.75. The van der Waals surface area contributed by atoms with Crippen molar-refractivity contribution in [3.05, 3.63) is 35.4 Å². The fourth-order valence-corrected chi connectivity index (χ4v) is 3.13. The van der Waals surface area contributed by atoms with Gasteiger partial charge in [0.1, 0.15) is 11.9 Å². The van der Waals surface area contributed by atoms with Gasteiger partial charge in [0.25, 0.3) is 0 Å². The summed E-state index contributed by atoms with van der Waals surface area (Å²) in [5.41, 5.74) is 6.04. The van der Waals surface area contributed by atoms with Gasteiger partial charge in [0.2, 0.25) is 6.10 Å². The number of carbonyl (C=O) groups excluding carboxylic acids is 2. The quantitative estimate of drug-likeness (QED) is 0.0990. The average molecular weight is 420 g/mol. The summed E-state index contributed by atoms with van der Waals surface area (Å²) >= 11 is 0. The van der Waals surface area contributed by atoms with E-state index in [-0.39, 0.29) is 30.7 Å². The first-order valence-electron chi connectivity index (χ1n) is 9.68. The van der Waals surface area contributed by atoms with Gasteiger partial charge in [-0.2, -0.15) is 0 Å². The fourth-order valence-electron chi connectivity index (χ4n) is 3.13. The lowest BCUT2D eigenvalue weighted by Gasteiger charge is -2.27. The van der Waals surface area contributed by atoms with E-state index in [1.165, 1.54) is 31.4 Å². The van der Waals surface area contributed by atoms with E-state index in [0.717, 1.165) is 0 Å². The molecular weight excluding hydrogens is 392 g/mol. The van der Waals surface area contributed by atoms with Gasteiger partial charge in [0.05, 0.1) is 12.7 Å². The third-order valence-corrected chi connectivity index (χ3v) is 4.78. The van der Waals surface area contributed by atoms with Gasteiger partial charge in [-0.3, -0.25) is 20.3 Å². The van der Waals surface area contributed by atoms with Gasteiger partial charge >= 0.3 is 5.97 Å². The van der Waals surface area contributed by atoms with E-state index in [9.17, 15) is 19.5 Å². The first-order valence-corrected chi connectivity index (χ1v) is 9.68. The molecule has 164 valence electrons. The van der Waals surface area contributed by atoms with Gasteiger partial charge in [-0.25, -0.2) is 4.79 Å². The Morgan fingerprint density at radius 1 is 1.23 bits per heavy atom. The lowest BCUT2D eigenvalue weighted by molar-refractivity contribution is -0.161. The third-order valence-electron chi connectivity index (χ3n) is 4.78. The zero-order valence-corrected chi connectivity index (χ0v) is 16.8. The number of ketones is 2. The summed E-state index contributed by atoms with van der Waals surface area (Å²) in [4.78, 5) is 37.8. The van der Waals surface area contributed by atoms with Crippen molar-refractivity contribution in [2.75, 3.05) is 33.4 Å². The Balaban J connectivity index is 2.22. The molecule has 1 aromatic carbocycles. The lowest BCUT2D eigenvalue weighted by atomic mass is 9.96. The monoisotopic (exact) mass is 420 g/mol. The number of hydrogen-bond acceptors (Lipinski definition) is 8. The number of nitrogens with one attached hydrogen (secondary N) is 3. The van der Waals surface area contributed by atoms with Gasteiger partial charge in [-0.15, -0.1) is 0 Å². The number of aliphatic carboxylic acids is 1. The number of hydrogen-bond donors (Lipinski definition) is 5. The number of nitrogens with two attached hydrogens (primary N) is 1. The number of carboxylic acids is 1. The van der Waals surface area contributed by atoms with Crippen LogP contribution in [0.5, 0.6) is 0 Å². The topological polar surface area (TPSA) is 164 Å². The van der Waals surface area contributed by atoms with Crippen molar-refractivity contribution in [1.29, 1.82) is 5.41 Å². The zero-order valence-electron chi connectivity index (χ0n) is 16.8. The van der Waals surface area contributed by atoms with E-state index in [1.54, 1.807) is 0 Å². The minimum absolute atomic E-state index is 0.152. The number of piperidine rings is 1. The van der Waals surface area contributed by atoms with Gasteiger partial charge in [-0.1, -0.05) is 24.3 Å². The predicted octanol–water partition coefficient (Wildman–Crippen LogP) is -0.451. The predicted molar refractivity (Wildman–Crippen MR) is 109 cm³/mol. The van der Waals surface area contributed by atoms with Crippen LogP contribution in [-0.4, -0.2) is 80.1 Å². The Hall–Kier alpha value is -2.66. The van der Waals surface area contributed by atoms with Crippen LogP contribution in [0.3, 0.4) is 0 Å². The number of ether oxygens (including phenoxy) is 2. The summed E-state index contributed by atoms with van der Waals surface area (Å²) in [7, 11) is 1.47. The van der Waals surface area contributed by atoms with Crippen molar-refractivity contribution in [3.8, 4) is 0 Å². The Morgan fingerprint density at radius 3 is 2.37 bits per heavy atom. The van der Waals surface area contributed by atoms with E-state index in [4.69, 9.17) is 20.6 Å². The maximum atomic E-state index is 13.0. The van der Waals surface area contributed by atoms with E-state index >= 15 is 0 Å². The van der Waals surface area contributed by atoms with Crippen molar-refractivity contribution >= 4 is 23.4 Å². The maximum absolute atomic E-state index is 13.0. The van der Waals surface area contributed by atoms with E-state index < -0.39 is 29.7 Å². The number of carboxylic acid groups (broad SMARTS) is 1. The van der Waals surface area contributed by atoms with Crippen LogP contribution in [0.2, 0.25) is 0 Å². The summed E-state index contributed by atoms with van der Waals surface area (Å²) in [5, 5.41) is 22.9. The summed E-state index contributed by atoms with van der Waals surface area (Å²) in [5.74, 6) is -3.04. The second kappa shape index (κ2) is 11.5. The van der Waals surface area contributed by atoms with Gasteiger partial charge < -0.3 is 25.6 Å². The Kier molecular flexibility index (Phi) is 9.06. The number of benzene rings is 1. The van der Waals surface area contributed by atoms with Crippen LogP contribution in [0.15, 0.2) is 24.3 Å². The standard InChI is InChI=1S/C20H28N4O6/c1-29-11-10-24-15(16(25)12-2-4-13(5-3-12)19(21)22)17(26)18(20(27)28)30-14-6-8-23-9-7-14/h2-5,14-15,18,23-24H,6-11H2,1H3,(H3,21,22)(H,27,28). The Labute approximate surface area is 174 Å². The van der Waals surface area contributed by atoms with E-state index in [0.29, 0.717) is 31.5 Å². The van der Waals surface area contributed by atoms with Crippen LogP contribution in [0.25, 0.3) is 0 Å². The molecule has 0 aliphatic carbocycles. The second-order valence-electron chi connectivity index (χ2n) is 6.94. The normalized spacial score (nSPS) is 16.6. The molecule has 2 rings (SSSR count). The molecule has 6 N–H and O–H groups in total. The number of rotatable bonds is 12. The molecule has 0 amide bonds. The molecular formula is C20H28N4O6. The molecule has 1 aromatic rings. The molecule has 1 aliphatic rings. The minimum Gasteiger partial charge on any atom is -0.479 e. The van der Waals surface area contributed by atoms with Crippen LogP contribution >= 0.6 is 0 Å². The molecule has 1 aliphatic heterocycles. The van der Waals surface area contributed by atoms with Gasteiger partial charge in [0, 0.05) is 24.8 Å². The smallest absolute Gasteiger partial charge is 0.340 e. The van der Waals surface area contributed by atoms with E-state index in [2.05, 4.69) is 10.6 Å². The summed E-state index contributed by atoms with van der Waals surface area (Å²) in [6.07, 6.45) is -0.965. The highest BCUT2D eigenvalue weighted by atomic mass is 16.5. The molecule has 2 atom stereocenters. The first-order chi connectivity index (χ1) is 14.3. The van der Waals surface area contributed by atoms with Crippen LogP contribution in [0.4, 0.5) is 0 Å². The number of Topliss-reactive ketones (excluding diaryl/α,β-unsaturated/α-hetero) is 2. The van der Waals surface area contributed by atoms with Crippen LogP contribution in [-0.2, 0) is 19.1 Å². The molecule has 10 nitrogen and oxygen atoms in total. The van der Waals surface area contributed by atoms with Crippen molar-refractivity contribution in [3.63, 3.8) is 0 Å². The molecule has 2 unspecified atom stereocenters.